The van der Waals surface area contributed by atoms with Crippen LogP contribution in [0.5, 0.6) is 0 Å². The van der Waals surface area contributed by atoms with E-state index in [-0.39, 0.29) is 10.0 Å². The molecule has 0 spiro atoms. The Hall–Kier alpha value is -1.18. The number of hydrogen-bond acceptors (Lipinski definition) is 4. The largest absolute Gasteiger partial charge is 0.363 e. The third kappa shape index (κ3) is 2.49. The van der Waals surface area contributed by atoms with Gasteiger partial charge in [0.05, 0.1) is 12.0 Å². The van der Waals surface area contributed by atoms with E-state index in [0.29, 0.717) is 4.47 Å². The molecule has 0 amide bonds. The summed E-state index contributed by atoms with van der Waals surface area (Å²) >= 11 is 4.83. The van der Waals surface area contributed by atoms with Gasteiger partial charge in [-0.25, -0.2) is 0 Å². The summed E-state index contributed by atoms with van der Waals surface area (Å²) in [6, 6.07) is 7.93. The molecule has 88 valence electrons. The molecule has 0 aromatic heterocycles. The first kappa shape index (κ1) is 12.9. The van der Waals surface area contributed by atoms with Crippen molar-refractivity contribution in [3.8, 4) is 0 Å². The molecule has 0 aliphatic carbocycles. The molecule has 1 aromatic rings. The molecule has 7 heteroatoms. The normalized spacial score (nSPS) is 10.9. The second-order valence-corrected chi connectivity index (χ2v) is 4.92. The monoisotopic (exact) mass is 260 g/mol. The standard InChI is InChI=1S/C9H12N2O3S2/c1-10-9(15)11(14-2)16(12,13)8-6-4-3-5-7-8/h3-7H,1-2H3,(H,10,15). The van der Waals surface area contributed by atoms with Crippen LogP contribution in [0, 0.1) is 0 Å². The third-order valence-corrected chi connectivity index (χ3v) is 3.93. The highest BCUT2D eigenvalue weighted by Crippen LogP contribution is 2.15. The van der Waals surface area contributed by atoms with Gasteiger partial charge in [-0.3, -0.25) is 4.84 Å². The Kier molecular flexibility index (Phi) is 4.22. The Morgan fingerprint density at radius 2 is 1.94 bits per heavy atom. The minimum atomic E-state index is -3.76. The Morgan fingerprint density at radius 3 is 2.38 bits per heavy atom. The van der Waals surface area contributed by atoms with Gasteiger partial charge in [0.15, 0.2) is 0 Å². The van der Waals surface area contributed by atoms with Gasteiger partial charge in [-0.15, -0.1) is 4.47 Å². The smallest absolute Gasteiger partial charge is 0.288 e. The van der Waals surface area contributed by atoms with Gasteiger partial charge in [-0.05, 0) is 24.4 Å². The van der Waals surface area contributed by atoms with E-state index in [4.69, 9.17) is 17.1 Å². The minimum absolute atomic E-state index is 0.0219. The molecule has 1 rings (SSSR count). The maximum absolute atomic E-state index is 12.0. The number of rotatable bonds is 3. The van der Waals surface area contributed by atoms with Crippen molar-refractivity contribution in [3.63, 3.8) is 0 Å². The van der Waals surface area contributed by atoms with Gasteiger partial charge in [0.2, 0.25) is 5.11 Å². The Balaban J connectivity index is 3.15. The first-order chi connectivity index (χ1) is 7.54. The minimum Gasteiger partial charge on any atom is -0.363 e. The van der Waals surface area contributed by atoms with Crippen LogP contribution < -0.4 is 5.32 Å². The van der Waals surface area contributed by atoms with E-state index in [2.05, 4.69) is 5.32 Å². The lowest BCUT2D eigenvalue weighted by molar-refractivity contribution is 0.0148. The average Bonchev–Trinajstić information content (AvgIpc) is 2.30. The zero-order valence-corrected chi connectivity index (χ0v) is 10.5. The van der Waals surface area contributed by atoms with Crippen molar-refractivity contribution in [2.75, 3.05) is 14.2 Å². The molecule has 5 nitrogen and oxygen atoms in total. The summed E-state index contributed by atoms with van der Waals surface area (Å²) in [5, 5.41) is 2.52. The number of sulfonamides is 1. The van der Waals surface area contributed by atoms with Gasteiger partial charge in [-0.1, -0.05) is 18.2 Å². The van der Waals surface area contributed by atoms with E-state index >= 15 is 0 Å². The van der Waals surface area contributed by atoms with Crippen LogP contribution in [-0.2, 0) is 14.9 Å². The number of nitrogens with one attached hydrogen (secondary N) is 1. The maximum Gasteiger partial charge on any atom is 0.288 e. The fourth-order valence-electron chi connectivity index (χ4n) is 1.07. The van der Waals surface area contributed by atoms with Crippen molar-refractivity contribution in [3.05, 3.63) is 30.3 Å². The molecule has 0 atom stereocenters. The lowest BCUT2D eigenvalue weighted by Gasteiger charge is -2.20. The van der Waals surface area contributed by atoms with Crippen molar-refractivity contribution >= 4 is 27.4 Å². The first-order valence-electron chi connectivity index (χ1n) is 4.40. The topological polar surface area (TPSA) is 58.6 Å². The maximum atomic E-state index is 12.0. The quantitative estimate of drug-likeness (QED) is 0.642. The predicted molar refractivity (Wildman–Crippen MR) is 64.1 cm³/mol. The molecule has 0 saturated heterocycles. The van der Waals surface area contributed by atoms with E-state index in [1.807, 2.05) is 0 Å². The van der Waals surface area contributed by atoms with Gasteiger partial charge in [-0.2, -0.15) is 8.42 Å². The highest BCUT2D eigenvalue weighted by atomic mass is 32.2. The SMILES string of the molecule is CNC(=S)N(OC)S(=O)(=O)c1ccccc1. The van der Waals surface area contributed by atoms with Gasteiger partial charge < -0.3 is 5.32 Å². The van der Waals surface area contributed by atoms with Crippen LogP contribution in [0.3, 0.4) is 0 Å². The van der Waals surface area contributed by atoms with Crippen LogP contribution in [0.25, 0.3) is 0 Å². The summed E-state index contributed by atoms with van der Waals surface area (Å²) in [7, 11) is -0.992. The zero-order chi connectivity index (χ0) is 12.2. The lowest BCUT2D eigenvalue weighted by Crippen LogP contribution is -2.41. The van der Waals surface area contributed by atoms with Crippen molar-refractivity contribution < 1.29 is 13.3 Å². The molecule has 0 heterocycles. The molecule has 0 unspecified atom stereocenters. The molecule has 0 fully saturated rings. The molecule has 16 heavy (non-hydrogen) atoms. The highest BCUT2D eigenvalue weighted by Gasteiger charge is 2.26. The molecule has 0 bridgehead atoms. The molecule has 1 N–H and O–H groups in total. The number of hydroxylamine groups is 1. The predicted octanol–water partition coefficient (Wildman–Crippen LogP) is 0.743. The second kappa shape index (κ2) is 5.24. The van der Waals surface area contributed by atoms with E-state index in [1.54, 1.807) is 18.2 Å². The Labute approximate surface area is 100 Å². The average molecular weight is 260 g/mol. The van der Waals surface area contributed by atoms with Crippen LogP contribution in [0.2, 0.25) is 0 Å². The number of thiocarbonyl (C=S) groups is 1. The third-order valence-electron chi connectivity index (χ3n) is 1.80. The van der Waals surface area contributed by atoms with Gasteiger partial charge in [0.25, 0.3) is 10.0 Å². The highest BCUT2D eigenvalue weighted by molar-refractivity contribution is 7.91. The Morgan fingerprint density at radius 1 is 1.38 bits per heavy atom. The summed E-state index contributed by atoms with van der Waals surface area (Å²) < 4.78 is 24.7. The molecule has 0 saturated carbocycles. The first-order valence-corrected chi connectivity index (χ1v) is 6.25. The number of nitrogens with zero attached hydrogens (tertiary/aromatic N) is 1. The van der Waals surface area contributed by atoms with Crippen molar-refractivity contribution in [2.24, 2.45) is 0 Å². The van der Waals surface area contributed by atoms with Crippen molar-refractivity contribution in [2.45, 2.75) is 4.90 Å². The fourth-order valence-corrected chi connectivity index (χ4v) is 2.64. The van der Waals surface area contributed by atoms with Gasteiger partial charge in [0.1, 0.15) is 0 Å². The van der Waals surface area contributed by atoms with Crippen molar-refractivity contribution in [1.82, 2.24) is 9.79 Å². The Bertz CT molecular complexity index is 459. The van der Waals surface area contributed by atoms with Gasteiger partial charge in [0, 0.05) is 7.05 Å². The second-order valence-electron chi connectivity index (χ2n) is 2.78. The summed E-state index contributed by atoms with van der Waals surface area (Å²) in [4.78, 5) is 4.88. The summed E-state index contributed by atoms with van der Waals surface area (Å²) in [6.45, 7) is 0. The fraction of sp³-hybridized carbons (Fsp3) is 0.222. The molecule has 0 aliphatic rings. The van der Waals surface area contributed by atoms with E-state index in [1.165, 1.54) is 26.3 Å². The molecule has 0 aliphatic heterocycles. The van der Waals surface area contributed by atoms with E-state index in [0.717, 1.165) is 0 Å². The van der Waals surface area contributed by atoms with Crippen LogP contribution >= 0.6 is 12.2 Å². The zero-order valence-electron chi connectivity index (χ0n) is 8.88. The van der Waals surface area contributed by atoms with Crippen LogP contribution in [-0.4, -0.2) is 32.2 Å². The molecular weight excluding hydrogens is 248 g/mol. The van der Waals surface area contributed by atoms with Crippen LogP contribution in [0.15, 0.2) is 35.2 Å². The van der Waals surface area contributed by atoms with Gasteiger partial charge >= 0.3 is 0 Å². The summed E-state index contributed by atoms with van der Waals surface area (Å²) in [6.07, 6.45) is 0. The van der Waals surface area contributed by atoms with Crippen molar-refractivity contribution in [1.29, 1.82) is 0 Å². The summed E-state index contributed by atoms with van der Waals surface area (Å²) in [5.41, 5.74) is 0. The molecule has 1 aromatic carbocycles. The molecule has 0 radical (unpaired) electrons. The van der Waals surface area contributed by atoms with Crippen LogP contribution in [0.1, 0.15) is 0 Å². The number of hydrogen-bond donors (Lipinski definition) is 1. The van der Waals surface area contributed by atoms with Crippen LogP contribution in [0.4, 0.5) is 0 Å². The lowest BCUT2D eigenvalue weighted by atomic mass is 10.4. The summed E-state index contributed by atoms with van der Waals surface area (Å²) in [5.74, 6) is 0. The molecular formula is C9H12N2O3S2. The van der Waals surface area contributed by atoms with E-state index < -0.39 is 10.0 Å². The van der Waals surface area contributed by atoms with E-state index in [9.17, 15) is 8.42 Å². The number of benzene rings is 1.